The van der Waals surface area contributed by atoms with E-state index < -0.39 is 0 Å². The molecule has 0 saturated carbocycles. The Morgan fingerprint density at radius 2 is 2.11 bits per heavy atom. The van der Waals surface area contributed by atoms with Crippen molar-refractivity contribution < 1.29 is 0 Å². The third-order valence-corrected chi connectivity index (χ3v) is 5.00. The Labute approximate surface area is 168 Å². The number of nitriles is 1. The van der Waals surface area contributed by atoms with E-state index in [4.69, 9.17) is 16.9 Å². The average molecular weight is 385 g/mol. The second kappa shape index (κ2) is 11.5. The van der Waals surface area contributed by atoms with Crippen LogP contribution in [0.5, 0.6) is 0 Å². The van der Waals surface area contributed by atoms with Crippen molar-refractivity contribution >= 4 is 17.3 Å². The third kappa shape index (κ3) is 6.78. The molecule has 144 valence electrons. The lowest BCUT2D eigenvalue weighted by Gasteiger charge is -2.36. The molecule has 1 aliphatic rings. The van der Waals surface area contributed by atoms with Crippen LogP contribution in [0.2, 0.25) is 0 Å². The highest BCUT2D eigenvalue weighted by molar-refractivity contribution is 6.18. The second-order valence-electron chi connectivity index (χ2n) is 6.64. The Bertz CT molecular complexity index is 697. The number of piperazine rings is 1. The summed E-state index contributed by atoms with van der Waals surface area (Å²) in [6.45, 7) is 10.2. The summed E-state index contributed by atoms with van der Waals surface area (Å²) in [5, 5.41) is 9.03. The van der Waals surface area contributed by atoms with Gasteiger partial charge in [-0.15, -0.1) is 11.6 Å². The van der Waals surface area contributed by atoms with Gasteiger partial charge in [-0.25, -0.2) is 0 Å². The summed E-state index contributed by atoms with van der Waals surface area (Å²) in [5.41, 5.74) is 2.97. The Morgan fingerprint density at radius 1 is 1.33 bits per heavy atom. The number of halogens is 1. The molecule has 1 aromatic rings. The van der Waals surface area contributed by atoms with Gasteiger partial charge in [0, 0.05) is 57.0 Å². The molecule has 1 fully saturated rings. The van der Waals surface area contributed by atoms with Gasteiger partial charge in [0.15, 0.2) is 0 Å². The molecule has 0 aliphatic carbocycles. The molecule has 1 aliphatic heterocycles. The molecule has 2 rings (SSSR count). The zero-order chi connectivity index (χ0) is 19.5. The minimum atomic E-state index is 0.532. The fraction of sp³-hybridized carbons (Fsp3) is 0.409. The van der Waals surface area contributed by atoms with E-state index in [2.05, 4.69) is 46.5 Å². The van der Waals surface area contributed by atoms with Crippen molar-refractivity contribution in [1.82, 2.24) is 9.80 Å². The van der Waals surface area contributed by atoms with Crippen LogP contribution in [-0.2, 0) is 0 Å². The zero-order valence-electron chi connectivity index (χ0n) is 16.1. The molecule has 1 aromatic carbocycles. The molecule has 0 bridgehead atoms. The van der Waals surface area contributed by atoms with Gasteiger partial charge in [0.1, 0.15) is 0 Å². The van der Waals surface area contributed by atoms with Crippen LogP contribution in [-0.4, -0.2) is 62.0 Å². The van der Waals surface area contributed by atoms with E-state index in [9.17, 15) is 0 Å². The summed E-state index contributed by atoms with van der Waals surface area (Å²) >= 11 is 5.68. The van der Waals surface area contributed by atoms with Gasteiger partial charge in [0.25, 0.3) is 0 Å². The Morgan fingerprint density at radius 3 is 2.78 bits per heavy atom. The van der Waals surface area contributed by atoms with Crippen LogP contribution in [0.15, 0.2) is 60.8 Å². The molecule has 0 atom stereocenters. The van der Waals surface area contributed by atoms with Gasteiger partial charge in [-0.1, -0.05) is 24.8 Å². The van der Waals surface area contributed by atoms with E-state index in [0.717, 1.165) is 57.1 Å². The van der Waals surface area contributed by atoms with Crippen LogP contribution in [0.3, 0.4) is 0 Å². The maximum Gasteiger partial charge on any atom is 0.0992 e. The Hall–Kier alpha value is -2.22. The fourth-order valence-electron chi connectivity index (χ4n) is 3.22. The number of benzene rings is 1. The predicted octanol–water partition coefficient (Wildman–Crippen LogP) is 3.87. The average Bonchev–Trinajstić information content (AvgIpc) is 2.72. The topological polar surface area (TPSA) is 33.5 Å². The van der Waals surface area contributed by atoms with Crippen molar-refractivity contribution in [3.8, 4) is 6.07 Å². The van der Waals surface area contributed by atoms with E-state index in [1.807, 2.05) is 36.4 Å². The van der Waals surface area contributed by atoms with Crippen LogP contribution in [0.1, 0.15) is 12.0 Å². The van der Waals surface area contributed by atoms with Gasteiger partial charge in [0.05, 0.1) is 11.6 Å². The van der Waals surface area contributed by atoms with Gasteiger partial charge in [-0.05, 0) is 43.3 Å². The maximum atomic E-state index is 9.03. The Balaban J connectivity index is 1.74. The molecule has 5 heteroatoms. The summed E-state index contributed by atoms with van der Waals surface area (Å²) in [7, 11) is 2.09. The van der Waals surface area contributed by atoms with E-state index in [0.29, 0.717) is 11.4 Å². The van der Waals surface area contributed by atoms with Gasteiger partial charge >= 0.3 is 0 Å². The molecule has 0 amide bonds. The van der Waals surface area contributed by atoms with E-state index in [1.54, 1.807) is 0 Å². The zero-order valence-corrected chi connectivity index (χ0v) is 16.9. The smallest absolute Gasteiger partial charge is 0.0992 e. The number of anilines is 1. The molecule has 0 radical (unpaired) electrons. The van der Waals surface area contributed by atoms with Gasteiger partial charge in [-0.2, -0.15) is 5.26 Å². The molecule has 1 saturated heterocycles. The van der Waals surface area contributed by atoms with Crippen molar-refractivity contribution in [3.63, 3.8) is 0 Å². The van der Waals surface area contributed by atoms with Crippen molar-refractivity contribution in [3.05, 3.63) is 66.4 Å². The summed E-state index contributed by atoms with van der Waals surface area (Å²) in [6, 6.07) is 9.99. The lowest BCUT2D eigenvalue weighted by Crippen LogP contribution is -2.46. The first kappa shape index (κ1) is 21.1. The standard InChI is InChI=1S/C22H29ClN4/c1-3-21(9-4-5-11-23)27-16-14-26(15-17-27)13-7-12-25(2)22-10-6-8-20(18-22)19-24/h3-6,8-10,18H,1,7,11-17H2,2H3/b5-4-,21-9+. The number of rotatable bonds is 9. The second-order valence-corrected chi connectivity index (χ2v) is 6.95. The Kier molecular flexibility index (Phi) is 8.97. The fourth-order valence-corrected chi connectivity index (χ4v) is 3.33. The quantitative estimate of drug-likeness (QED) is 0.478. The lowest BCUT2D eigenvalue weighted by molar-refractivity contribution is 0.161. The van der Waals surface area contributed by atoms with Crippen LogP contribution < -0.4 is 4.90 Å². The minimum absolute atomic E-state index is 0.532. The maximum absolute atomic E-state index is 9.03. The summed E-state index contributed by atoms with van der Waals surface area (Å²) in [5.74, 6) is 0.532. The first-order valence-electron chi connectivity index (χ1n) is 9.41. The predicted molar refractivity (Wildman–Crippen MR) is 115 cm³/mol. The number of allylic oxidation sites excluding steroid dienone is 4. The molecule has 1 heterocycles. The SMILES string of the molecule is C=C/C(=C\C=C/CCl)N1CCN(CCCN(C)c2cccc(C#N)c2)CC1. The van der Waals surface area contributed by atoms with Crippen molar-refractivity contribution in [2.45, 2.75) is 6.42 Å². The van der Waals surface area contributed by atoms with Crippen molar-refractivity contribution in [1.29, 1.82) is 5.26 Å². The van der Waals surface area contributed by atoms with Gasteiger partial charge in [0.2, 0.25) is 0 Å². The van der Waals surface area contributed by atoms with E-state index >= 15 is 0 Å². The molecular formula is C22H29ClN4. The first-order chi connectivity index (χ1) is 13.2. The summed E-state index contributed by atoms with van der Waals surface area (Å²) in [4.78, 5) is 7.12. The number of alkyl halides is 1. The minimum Gasteiger partial charge on any atom is -0.375 e. The van der Waals surface area contributed by atoms with Crippen LogP contribution in [0, 0.1) is 11.3 Å². The van der Waals surface area contributed by atoms with Crippen LogP contribution in [0.4, 0.5) is 5.69 Å². The molecule has 0 unspecified atom stereocenters. The van der Waals surface area contributed by atoms with Crippen LogP contribution >= 0.6 is 11.6 Å². The summed E-state index contributed by atoms with van der Waals surface area (Å²) < 4.78 is 0. The highest BCUT2D eigenvalue weighted by Gasteiger charge is 2.17. The van der Waals surface area contributed by atoms with Gasteiger partial charge < -0.3 is 9.80 Å². The highest BCUT2D eigenvalue weighted by Crippen LogP contribution is 2.15. The number of hydrogen-bond donors (Lipinski definition) is 0. The van der Waals surface area contributed by atoms with Gasteiger partial charge in [-0.3, -0.25) is 4.90 Å². The largest absolute Gasteiger partial charge is 0.375 e. The molecule has 0 spiro atoms. The normalized spacial score (nSPS) is 15.7. The molecular weight excluding hydrogens is 356 g/mol. The summed E-state index contributed by atoms with van der Waals surface area (Å²) in [6.07, 6.45) is 9.03. The highest BCUT2D eigenvalue weighted by atomic mass is 35.5. The number of nitrogens with zero attached hydrogens (tertiary/aromatic N) is 4. The molecule has 0 N–H and O–H groups in total. The van der Waals surface area contributed by atoms with E-state index in [1.165, 1.54) is 0 Å². The van der Waals surface area contributed by atoms with E-state index in [-0.39, 0.29) is 0 Å². The molecule has 0 aromatic heterocycles. The lowest BCUT2D eigenvalue weighted by atomic mass is 10.2. The van der Waals surface area contributed by atoms with Crippen molar-refractivity contribution in [2.75, 3.05) is 57.1 Å². The molecule has 4 nitrogen and oxygen atoms in total. The van der Waals surface area contributed by atoms with Crippen molar-refractivity contribution in [2.24, 2.45) is 0 Å². The number of hydrogen-bond acceptors (Lipinski definition) is 4. The monoisotopic (exact) mass is 384 g/mol. The van der Waals surface area contributed by atoms with Crippen LogP contribution in [0.25, 0.3) is 0 Å². The third-order valence-electron chi connectivity index (χ3n) is 4.82. The molecule has 27 heavy (non-hydrogen) atoms. The first-order valence-corrected chi connectivity index (χ1v) is 9.95.